The Kier molecular flexibility index (Phi) is 4.47. The fourth-order valence-electron chi connectivity index (χ4n) is 2.48. The van der Waals surface area contributed by atoms with E-state index in [4.69, 9.17) is 9.84 Å². The molecule has 0 radical (unpaired) electrons. The third-order valence-electron chi connectivity index (χ3n) is 3.52. The quantitative estimate of drug-likeness (QED) is 0.749. The molecule has 112 valence electrons. The molecule has 0 amide bonds. The molecule has 6 heteroatoms. The van der Waals surface area contributed by atoms with Gasteiger partial charge in [-0.25, -0.2) is 4.98 Å². The monoisotopic (exact) mass is 288 g/mol. The second-order valence-electron chi connectivity index (χ2n) is 5.08. The second-order valence-corrected chi connectivity index (χ2v) is 5.08. The van der Waals surface area contributed by atoms with E-state index >= 15 is 0 Å². The van der Waals surface area contributed by atoms with Crippen LogP contribution in [0.4, 0.5) is 11.8 Å². The molecule has 1 aromatic heterocycles. The molecule has 0 unspecified atom stereocenters. The maximum atomic E-state index is 8.98. The Hall–Kier alpha value is -1.92. The van der Waals surface area contributed by atoms with Crippen molar-refractivity contribution in [2.24, 2.45) is 0 Å². The normalized spacial score (nSPS) is 18.0. The van der Waals surface area contributed by atoms with E-state index in [1.807, 2.05) is 24.3 Å². The summed E-state index contributed by atoms with van der Waals surface area (Å²) in [6, 6.07) is 7.83. The number of aliphatic hydroxyl groups excluding tert-OH is 1. The average molecular weight is 288 g/mol. The van der Waals surface area contributed by atoms with E-state index in [1.54, 1.807) is 0 Å². The van der Waals surface area contributed by atoms with E-state index < -0.39 is 0 Å². The number of hydrogen-bond donors (Lipinski definition) is 3. The maximum Gasteiger partial charge on any atom is 0.225 e. The summed E-state index contributed by atoms with van der Waals surface area (Å²) in [6.45, 7) is 2.09. The van der Waals surface area contributed by atoms with Crippen LogP contribution in [0.25, 0.3) is 10.9 Å². The van der Waals surface area contributed by atoms with E-state index in [9.17, 15) is 0 Å². The van der Waals surface area contributed by atoms with Crippen LogP contribution in [0.3, 0.4) is 0 Å². The maximum absolute atomic E-state index is 8.98. The number of benzene rings is 1. The standard InChI is InChI=1S/C15H20N4O2/c20-8-7-16-14-12-5-1-2-6-13(12)18-15(19-14)17-10-11-4-3-9-21-11/h1-2,5-6,11,20H,3-4,7-10H2,(H2,16,17,18,19)/t11-/m0/s1. The van der Waals surface area contributed by atoms with Gasteiger partial charge in [-0.1, -0.05) is 12.1 Å². The third kappa shape index (κ3) is 3.40. The van der Waals surface area contributed by atoms with Crippen LogP contribution in [-0.2, 0) is 4.74 Å². The van der Waals surface area contributed by atoms with Crippen molar-refractivity contribution in [2.75, 3.05) is 36.9 Å². The van der Waals surface area contributed by atoms with Crippen LogP contribution < -0.4 is 10.6 Å². The molecule has 1 atom stereocenters. The zero-order chi connectivity index (χ0) is 14.5. The minimum absolute atomic E-state index is 0.0665. The average Bonchev–Trinajstić information content (AvgIpc) is 3.04. The zero-order valence-electron chi connectivity index (χ0n) is 11.9. The molecule has 0 bridgehead atoms. The number of anilines is 2. The summed E-state index contributed by atoms with van der Waals surface area (Å²) in [4.78, 5) is 9.02. The van der Waals surface area contributed by atoms with Crippen molar-refractivity contribution in [1.29, 1.82) is 0 Å². The lowest BCUT2D eigenvalue weighted by Gasteiger charge is -2.13. The first kappa shape index (κ1) is 14.0. The Morgan fingerprint density at radius 1 is 1.24 bits per heavy atom. The Morgan fingerprint density at radius 3 is 2.95 bits per heavy atom. The molecule has 21 heavy (non-hydrogen) atoms. The zero-order valence-corrected chi connectivity index (χ0v) is 11.9. The van der Waals surface area contributed by atoms with Crippen molar-refractivity contribution in [3.63, 3.8) is 0 Å². The van der Waals surface area contributed by atoms with Gasteiger partial charge < -0.3 is 20.5 Å². The molecule has 1 aliphatic rings. The number of para-hydroxylation sites is 1. The Morgan fingerprint density at radius 2 is 2.14 bits per heavy atom. The van der Waals surface area contributed by atoms with Crippen molar-refractivity contribution in [1.82, 2.24) is 9.97 Å². The SMILES string of the molecule is OCCNc1nc(NC[C@@H]2CCCO2)nc2ccccc12. The minimum atomic E-state index is 0.0665. The van der Waals surface area contributed by atoms with Gasteiger partial charge in [0, 0.05) is 25.1 Å². The highest BCUT2D eigenvalue weighted by Crippen LogP contribution is 2.22. The third-order valence-corrected chi connectivity index (χ3v) is 3.52. The van der Waals surface area contributed by atoms with Gasteiger partial charge in [-0.3, -0.25) is 0 Å². The Balaban J connectivity index is 1.80. The highest BCUT2D eigenvalue weighted by Gasteiger charge is 2.16. The van der Waals surface area contributed by atoms with Crippen LogP contribution in [0, 0.1) is 0 Å². The van der Waals surface area contributed by atoms with Gasteiger partial charge in [-0.05, 0) is 25.0 Å². The molecular formula is C15H20N4O2. The number of nitrogens with zero attached hydrogens (tertiary/aromatic N) is 2. The number of rotatable bonds is 6. The molecule has 3 N–H and O–H groups in total. The smallest absolute Gasteiger partial charge is 0.225 e. The second kappa shape index (κ2) is 6.69. The molecule has 6 nitrogen and oxygen atoms in total. The number of aliphatic hydroxyl groups is 1. The van der Waals surface area contributed by atoms with Gasteiger partial charge in [-0.2, -0.15) is 4.98 Å². The van der Waals surface area contributed by atoms with Crippen LogP contribution in [0.15, 0.2) is 24.3 Å². The molecule has 1 aromatic carbocycles. The summed E-state index contributed by atoms with van der Waals surface area (Å²) in [5.74, 6) is 1.33. The van der Waals surface area contributed by atoms with Crippen molar-refractivity contribution in [3.8, 4) is 0 Å². The van der Waals surface area contributed by atoms with Crippen molar-refractivity contribution in [2.45, 2.75) is 18.9 Å². The van der Waals surface area contributed by atoms with Gasteiger partial charge in [0.2, 0.25) is 5.95 Å². The Labute approximate surface area is 123 Å². The molecule has 1 aliphatic heterocycles. The van der Waals surface area contributed by atoms with Crippen LogP contribution in [0.1, 0.15) is 12.8 Å². The van der Waals surface area contributed by atoms with Crippen LogP contribution in [0.5, 0.6) is 0 Å². The minimum Gasteiger partial charge on any atom is -0.395 e. The van der Waals surface area contributed by atoms with Crippen LogP contribution in [-0.4, -0.2) is 47.5 Å². The molecule has 1 fully saturated rings. The lowest BCUT2D eigenvalue weighted by molar-refractivity contribution is 0.120. The summed E-state index contributed by atoms with van der Waals surface area (Å²) in [7, 11) is 0. The first-order valence-corrected chi connectivity index (χ1v) is 7.34. The number of ether oxygens (including phenoxy) is 1. The van der Waals surface area contributed by atoms with E-state index in [0.29, 0.717) is 12.5 Å². The lowest BCUT2D eigenvalue weighted by atomic mass is 10.2. The fraction of sp³-hybridized carbons (Fsp3) is 0.467. The lowest BCUT2D eigenvalue weighted by Crippen LogP contribution is -2.20. The fourth-order valence-corrected chi connectivity index (χ4v) is 2.48. The number of nitrogens with one attached hydrogen (secondary N) is 2. The van der Waals surface area contributed by atoms with Crippen molar-refractivity contribution in [3.05, 3.63) is 24.3 Å². The van der Waals surface area contributed by atoms with Gasteiger partial charge in [0.25, 0.3) is 0 Å². The van der Waals surface area contributed by atoms with Gasteiger partial charge in [-0.15, -0.1) is 0 Å². The Bertz CT molecular complexity index is 599. The predicted octanol–water partition coefficient (Wildman–Crippen LogP) is 1.62. The molecule has 0 saturated carbocycles. The summed E-state index contributed by atoms with van der Waals surface area (Å²) in [5.41, 5.74) is 0.878. The van der Waals surface area contributed by atoms with Gasteiger partial charge in [0.05, 0.1) is 18.2 Å². The molecule has 3 rings (SSSR count). The highest BCUT2D eigenvalue weighted by atomic mass is 16.5. The summed E-state index contributed by atoms with van der Waals surface area (Å²) >= 11 is 0. The van der Waals surface area contributed by atoms with Crippen molar-refractivity contribution < 1.29 is 9.84 Å². The highest BCUT2D eigenvalue weighted by molar-refractivity contribution is 5.89. The van der Waals surface area contributed by atoms with Crippen LogP contribution >= 0.6 is 0 Å². The van der Waals surface area contributed by atoms with Crippen molar-refractivity contribution >= 4 is 22.7 Å². The molecule has 2 heterocycles. The summed E-state index contributed by atoms with van der Waals surface area (Å²) in [6.07, 6.45) is 2.44. The first-order valence-electron chi connectivity index (χ1n) is 7.34. The summed E-state index contributed by atoms with van der Waals surface area (Å²) < 4.78 is 5.59. The van der Waals surface area contributed by atoms with E-state index in [-0.39, 0.29) is 12.7 Å². The van der Waals surface area contributed by atoms with Gasteiger partial charge >= 0.3 is 0 Å². The number of aromatic nitrogens is 2. The van der Waals surface area contributed by atoms with Crippen LogP contribution in [0.2, 0.25) is 0 Å². The molecule has 1 saturated heterocycles. The molecule has 0 aliphatic carbocycles. The topological polar surface area (TPSA) is 79.3 Å². The van der Waals surface area contributed by atoms with Gasteiger partial charge in [0.1, 0.15) is 5.82 Å². The van der Waals surface area contributed by atoms with E-state index in [2.05, 4.69) is 20.6 Å². The first-order chi connectivity index (χ1) is 10.4. The molecular weight excluding hydrogens is 268 g/mol. The molecule has 2 aromatic rings. The largest absolute Gasteiger partial charge is 0.395 e. The number of hydrogen-bond acceptors (Lipinski definition) is 6. The van der Waals surface area contributed by atoms with E-state index in [1.165, 1.54) is 0 Å². The molecule has 0 spiro atoms. The van der Waals surface area contributed by atoms with Gasteiger partial charge in [0.15, 0.2) is 0 Å². The van der Waals surface area contributed by atoms with E-state index in [0.717, 1.165) is 42.7 Å². The number of fused-ring (bicyclic) bond motifs is 1. The summed E-state index contributed by atoms with van der Waals surface area (Å²) in [5, 5.41) is 16.3. The predicted molar refractivity (Wildman–Crippen MR) is 82.6 cm³/mol.